The molecule has 4 rings (SSSR count). The lowest BCUT2D eigenvalue weighted by Gasteiger charge is -2.17. The average Bonchev–Trinajstić information content (AvgIpc) is 2.82. The summed E-state index contributed by atoms with van der Waals surface area (Å²) in [5.74, 6) is -1.30. The van der Waals surface area contributed by atoms with Crippen LogP contribution in [0.4, 0.5) is 8.78 Å². The van der Waals surface area contributed by atoms with Gasteiger partial charge in [0.05, 0.1) is 25.3 Å². The molecule has 0 spiro atoms. The van der Waals surface area contributed by atoms with Gasteiger partial charge in [0.25, 0.3) is 0 Å². The van der Waals surface area contributed by atoms with Gasteiger partial charge in [0.1, 0.15) is 23.1 Å². The summed E-state index contributed by atoms with van der Waals surface area (Å²) >= 11 is 0. The first-order valence-corrected chi connectivity index (χ1v) is 9.73. The molecule has 0 saturated carbocycles. The van der Waals surface area contributed by atoms with Gasteiger partial charge in [0, 0.05) is 16.5 Å². The van der Waals surface area contributed by atoms with Gasteiger partial charge < -0.3 is 9.47 Å². The first-order chi connectivity index (χ1) is 15.4. The van der Waals surface area contributed by atoms with Crippen molar-refractivity contribution in [3.8, 4) is 11.5 Å². The predicted octanol–water partition coefficient (Wildman–Crippen LogP) is 5.60. The van der Waals surface area contributed by atoms with Crippen molar-refractivity contribution in [2.45, 2.75) is 0 Å². The van der Waals surface area contributed by atoms with Crippen LogP contribution in [-0.4, -0.2) is 25.8 Å². The second-order valence-electron chi connectivity index (χ2n) is 7.06. The van der Waals surface area contributed by atoms with Crippen LogP contribution in [0, 0.1) is 11.6 Å². The molecule has 0 radical (unpaired) electrons. The molecule has 0 N–H and O–H groups in total. The van der Waals surface area contributed by atoms with E-state index in [1.165, 1.54) is 62.8 Å². The lowest BCUT2D eigenvalue weighted by molar-refractivity contribution is 0.103. The number of carbonyl (C=O) groups excluding carboxylic acids is 2. The zero-order chi connectivity index (χ0) is 22.8. The molecule has 160 valence electrons. The minimum atomic E-state index is -0.472. The van der Waals surface area contributed by atoms with Crippen molar-refractivity contribution in [2.75, 3.05) is 14.2 Å². The maximum atomic E-state index is 13.5. The van der Waals surface area contributed by atoms with Crippen LogP contribution in [0.25, 0.3) is 10.8 Å². The third kappa shape index (κ3) is 3.71. The zero-order valence-electron chi connectivity index (χ0n) is 17.3. The summed E-state index contributed by atoms with van der Waals surface area (Å²) in [6.45, 7) is 0. The molecule has 0 aliphatic rings. The summed E-state index contributed by atoms with van der Waals surface area (Å²) < 4.78 is 37.7. The number of ether oxygens (including phenoxy) is 2. The van der Waals surface area contributed by atoms with Crippen LogP contribution in [0.5, 0.6) is 11.5 Å². The molecular weight excluding hydrogens is 414 g/mol. The van der Waals surface area contributed by atoms with Gasteiger partial charge in [-0.15, -0.1) is 0 Å². The van der Waals surface area contributed by atoms with Gasteiger partial charge in [0.2, 0.25) is 0 Å². The van der Waals surface area contributed by atoms with E-state index in [0.29, 0.717) is 10.8 Å². The molecule has 0 heterocycles. The standard InChI is InChI=1S/C26H18F2O4/c1-31-20-13-7-15-8-14-21(32-2)24(26(30)17-5-11-19(28)12-6-17)22(15)23(20)25(29)16-3-9-18(27)10-4-16/h3-14H,1-2H3. The number of halogens is 2. The van der Waals surface area contributed by atoms with E-state index in [-0.39, 0.29) is 33.8 Å². The Morgan fingerprint density at radius 1 is 0.594 bits per heavy atom. The fraction of sp³-hybridized carbons (Fsp3) is 0.0769. The zero-order valence-corrected chi connectivity index (χ0v) is 17.3. The minimum Gasteiger partial charge on any atom is -0.496 e. The number of benzene rings is 4. The van der Waals surface area contributed by atoms with Gasteiger partial charge in [-0.2, -0.15) is 0 Å². The summed E-state index contributed by atoms with van der Waals surface area (Å²) in [5.41, 5.74) is 0.780. The van der Waals surface area contributed by atoms with Crippen LogP contribution >= 0.6 is 0 Å². The highest BCUT2D eigenvalue weighted by atomic mass is 19.1. The molecule has 0 bridgehead atoms. The van der Waals surface area contributed by atoms with Gasteiger partial charge in [-0.25, -0.2) is 8.78 Å². The topological polar surface area (TPSA) is 52.6 Å². The summed E-state index contributed by atoms with van der Waals surface area (Å²) in [4.78, 5) is 27.0. The van der Waals surface area contributed by atoms with E-state index in [1.807, 2.05) is 0 Å². The Hall–Kier alpha value is -4.06. The maximum Gasteiger partial charge on any atom is 0.197 e. The highest BCUT2D eigenvalue weighted by Crippen LogP contribution is 2.37. The Labute approximate surface area is 183 Å². The summed E-state index contributed by atoms with van der Waals surface area (Å²) in [5, 5.41) is 0.954. The van der Waals surface area contributed by atoms with Crippen LogP contribution in [0.3, 0.4) is 0 Å². The molecule has 4 aromatic carbocycles. The smallest absolute Gasteiger partial charge is 0.197 e. The second kappa shape index (κ2) is 8.59. The van der Waals surface area contributed by atoms with Crippen LogP contribution < -0.4 is 9.47 Å². The number of hydrogen-bond donors (Lipinski definition) is 0. The van der Waals surface area contributed by atoms with Crippen molar-refractivity contribution in [1.29, 1.82) is 0 Å². The second-order valence-corrected chi connectivity index (χ2v) is 7.06. The number of rotatable bonds is 6. The summed E-state index contributed by atoms with van der Waals surface area (Å²) in [7, 11) is 2.84. The summed E-state index contributed by atoms with van der Waals surface area (Å²) in [6, 6.07) is 17.0. The molecule has 4 aromatic rings. The predicted molar refractivity (Wildman–Crippen MR) is 117 cm³/mol. The fourth-order valence-corrected chi connectivity index (χ4v) is 3.66. The summed E-state index contributed by atoms with van der Waals surface area (Å²) in [6.07, 6.45) is 0. The number of hydrogen-bond acceptors (Lipinski definition) is 4. The van der Waals surface area contributed by atoms with Crippen molar-refractivity contribution in [1.82, 2.24) is 0 Å². The van der Waals surface area contributed by atoms with Crippen LogP contribution in [0.15, 0.2) is 72.8 Å². The molecule has 0 aliphatic heterocycles. The van der Waals surface area contributed by atoms with Crippen LogP contribution in [-0.2, 0) is 0 Å². The SMILES string of the molecule is COc1ccc2ccc(OC)c(C(=O)c3ccc(F)cc3)c2c1C(=O)c1ccc(F)cc1. The van der Waals surface area contributed by atoms with E-state index >= 15 is 0 Å². The van der Waals surface area contributed by atoms with E-state index in [0.717, 1.165) is 0 Å². The van der Waals surface area contributed by atoms with E-state index < -0.39 is 23.2 Å². The molecular formula is C26H18F2O4. The van der Waals surface area contributed by atoms with Crippen LogP contribution in [0.2, 0.25) is 0 Å². The Bertz CT molecular complexity index is 1230. The largest absolute Gasteiger partial charge is 0.496 e. The lowest BCUT2D eigenvalue weighted by atomic mass is 9.89. The molecule has 32 heavy (non-hydrogen) atoms. The molecule has 0 saturated heterocycles. The Balaban J connectivity index is 2.04. The van der Waals surface area contributed by atoms with Crippen molar-refractivity contribution in [3.05, 3.63) is 107 Å². The number of fused-ring (bicyclic) bond motifs is 1. The normalized spacial score (nSPS) is 10.8. The molecule has 0 fully saturated rings. The van der Waals surface area contributed by atoms with Crippen molar-refractivity contribution in [2.24, 2.45) is 0 Å². The lowest BCUT2D eigenvalue weighted by Crippen LogP contribution is -2.11. The fourth-order valence-electron chi connectivity index (χ4n) is 3.66. The highest BCUT2D eigenvalue weighted by molar-refractivity contribution is 6.26. The van der Waals surface area contributed by atoms with Crippen molar-refractivity contribution in [3.63, 3.8) is 0 Å². The van der Waals surface area contributed by atoms with Gasteiger partial charge in [-0.05, 0) is 66.0 Å². The molecule has 4 nitrogen and oxygen atoms in total. The first-order valence-electron chi connectivity index (χ1n) is 9.73. The van der Waals surface area contributed by atoms with Gasteiger partial charge >= 0.3 is 0 Å². The molecule has 0 unspecified atom stereocenters. The Morgan fingerprint density at radius 3 is 1.31 bits per heavy atom. The van der Waals surface area contributed by atoms with E-state index in [2.05, 4.69) is 0 Å². The van der Waals surface area contributed by atoms with E-state index in [1.54, 1.807) is 24.3 Å². The van der Waals surface area contributed by atoms with Crippen LogP contribution in [0.1, 0.15) is 31.8 Å². The quantitative estimate of drug-likeness (QED) is 0.373. The Kier molecular flexibility index (Phi) is 5.69. The molecule has 6 heteroatoms. The number of methoxy groups -OCH3 is 2. The third-order valence-electron chi connectivity index (χ3n) is 5.22. The number of carbonyl (C=O) groups is 2. The van der Waals surface area contributed by atoms with Crippen molar-refractivity contribution < 1.29 is 27.8 Å². The van der Waals surface area contributed by atoms with E-state index in [9.17, 15) is 18.4 Å². The van der Waals surface area contributed by atoms with Gasteiger partial charge in [0.15, 0.2) is 11.6 Å². The molecule has 0 atom stereocenters. The molecule has 0 aromatic heterocycles. The third-order valence-corrected chi connectivity index (χ3v) is 5.22. The number of ketones is 2. The van der Waals surface area contributed by atoms with E-state index in [4.69, 9.17) is 9.47 Å². The maximum absolute atomic E-state index is 13.5. The molecule has 0 amide bonds. The monoisotopic (exact) mass is 432 g/mol. The average molecular weight is 432 g/mol. The first kappa shape index (κ1) is 21.2. The van der Waals surface area contributed by atoms with Gasteiger partial charge in [-0.1, -0.05) is 12.1 Å². The molecule has 0 aliphatic carbocycles. The minimum absolute atomic E-state index is 0.154. The highest BCUT2D eigenvalue weighted by Gasteiger charge is 2.26. The Morgan fingerprint density at radius 2 is 0.969 bits per heavy atom. The van der Waals surface area contributed by atoms with Gasteiger partial charge in [-0.3, -0.25) is 9.59 Å². The van der Waals surface area contributed by atoms with Crippen molar-refractivity contribution >= 4 is 22.3 Å².